The Hall–Kier alpha value is -1.71. The summed E-state index contributed by atoms with van der Waals surface area (Å²) in [5.74, 6) is 0.653. The second-order valence-electron chi connectivity index (χ2n) is 4.93. The predicted molar refractivity (Wildman–Crippen MR) is 74.5 cm³/mol. The maximum atomic E-state index is 10.9. The van der Waals surface area contributed by atoms with Gasteiger partial charge in [0.1, 0.15) is 0 Å². The Morgan fingerprint density at radius 2 is 2.06 bits per heavy atom. The number of piperidine rings is 1. The molecule has 2 rings (SSSR count). The first-order valence-corrected chi connectivity index (χ1v) is 6.50. The van der Waals surface area contributed by atoms with Gasteiger partial charge in [0.05, 0.1) is 11.4 Å². The van der Waals surface area contributed by atoms with Crippen molar-refractivity contribution in [2.75, 3.05) is 30.3 Å². The number of carbonyl (C=O) groups is 1. The zero-order valence-electron chi connectivity index (χ0n) is 10.9. The number of nitrogens with zero attached hydrogens (tertiary/aromatic N) is 1. The molecule has 1 aromatic rings. The monoisotopic (exact) mass is 247 g/mol. The third-order valence-electron chi connectivity index (χ3n) is 3.53. The normalized spacial score (nSPS) is 16.6. The van der Waals surface area contributed by atoms with Crippen molar-refractivity contribution in [3.8, 4) is 0 Å². The van der Waals surface area contributed by atoms with Gasteiger partial charge in [-0.2, -0.15) is 0 Å². The van der Waals surface area contributed by atoms with Crippen LogP contribution in [-0.2, 0) is 4.79 Å². The van der Waals surface area contributed by atoms with E-state index in [1.807, 2.05) is 18.2 Å². The van der Waals surface area contributed by atoms with Crippen LogP contribution in [0.5, 0.6) is 0 Å². The number of benzene rings is 1. The summed E-state index contributed by atoms with van der Waals surface area (Å²) in [5.41, 5.74) is 7.97. The molecule has 0 bridgehead atoms. The average molecular weight is 247 g/mol. The smallest absolute Gasteiger partial charge is 0.216 e. The molecule has 1 aliphatic heterocycles. The number of para-hydroxylation sites is 2. The molecule has 0 unspecified atom stereocenters. The van der Waals surface area contributed by atoms with Crippen molar-refractivity contribution < 1.29 is 4.79 Å². The zero-order valence-corrected chi connectivity index (χ0v) is 10.9. The van der Waals surface area contributed by atoms with E-state index in [0.717, 1.165) is 43.9 Å². The lowest BCUT2D eigenvalue weighted by molar-refractivity contribution is -0.119. The van der Waals surface area contributed by atoms with E-state index in [0.29, 0.717) is 5.92 Å². The zero-order chi connectivity index (χ0) is 13.0. The fraction of sp³-hybridized carbons (Fsp3) is 0.500. The van der Waals surface area contributed by atoms with Crippen molar-refractivity contribution >= 4 is 17.3 Å². The van der Waals surface area contributed by atoms with Crippen LogP contribution in [0.4, 0.5) is 11.4 Å². The maximum absolute atomic E-state index is 10.9. The van der Waals surface area contributed by atoms with Crippen molar-refractivity contribution in [3.63, 3.8) is 0 Å². The van der Waals surface area contributed by atoms with Crippen LogP contribution in [0.15, 0.2) is 24.3 Å². The van der Waals surface area contributed by atoms with E-state index < -0.39 is 0 Å². The SMILES string of the molecule is CC(=O)NCC1CCN(c2ccccc2N)CC1. The van der Waals surface area contributed by atoms with E-state index in [4.69, 9.17) is 5.73 Å². The van der Waals surface area contributed by atoms with Crippen LogP contribution in [0, 0.1) is 5.92 Å². The molecule has 98 valence electrons. The molecule has 1 aromatic carbocycles. The van der Waals surface area contributed by atoms with E-state index >= 15 is 0 Å². The Morgan fingerprint density at radius 3 is 2.67 bits per heavy atom. The number of nitrogens with two attached hydrogens (primary N) is 1. The Balaban J connectivity index is 1.87. The van der Waals surface area contributed by atoms with Crippen LogP contribution in [0.1, 0.15) is 19.8 Å². The summed E-state index contributed by atoms with van der Waals surface area (Å²) >= 11 is 0. The fourth-order valence-corrected chi connectivity index (χ4v) is 2.44. The second kappa shape index (κ2) is 5.76. The van der Waals surface area contributed by atoms with E-state index in [9.17, 15) is 4.79 Å². The molecular formula is C14H21N3O. The lowest BCUT2D eigenvalue weighted by atomic mass is 9.96. The minimum atomic E-state index is 0.0599. The molecule has 18 heavy (non-hydrogen) atoms. The average Bonchev–Trinajstić information content (AvgIpc) is 2.38. The molecule has 1 saturated heterocycles. The first-order valence-electron chi connectivity index (χ1n) is 6.50. The minimum Gasteiger partial charge on any atom is -0.397 e. The molecule has 0 aliphatic carbocycles. The van der Waals surface area contributed by atoms with Gasteiger partial charge in [0, 0.05) is 26.6 Å². The van der Waals surface area contributed by atoms with Gasteiger partial charge in [0.25, 0.3) is 0 Å². The third kappa shape index (κ3) is 3.15. The van der Waals surface area contributed by atoms with Gasteiger partial charge in [-0.25, -0.2) is 0 Å². The van der Waals surface area contributed by atoms with Gasteiger partial charge in [0.2, 0.25) is 5.91 Å². The highest BCUT2D eigenvalue weighted by atomic mass is 16.1. The van der Waals surface area contributed by atoms with E-state index in [-0.39, 0.29) is 5.91 Å². The van der Waals surface area contributed by atoms with Crippen LogP contribution in [-0.4, -0.2) is 25.5 Å². The summed E-state index contributed by atoms with van der Waals surface area (Å²) in [6.45, 7) is 4.39. The Kier molecular flexibility index (Phi) is 4.07. The van der Waals surface area contributed by atoms with Gasteiger partial charge in [-0.1, -0.05) is 12.1 Å². The van der Waals surface area contributed by atoms with E-state index in [1.165, 1.54) is 0 Å². The summed E-state index contributed by atoms with van der Waals surface area (Å²) in [5, 5.41) is 2.90. The quantitative estimate of drug-likeness (QED) is 0.798. The maximum Gasteiger partial charge on any atom is 0.216 e. The van der Waals surface area contributed by atoms with Gasteiger partial charge in [-0.05, 0) is 30.9 Å². The number of rotatable bonds is 3. The van der Waals surface area contributed by atoms with Gasteiger partial charge >= 0.3 is 0 Å². The Morgan fingerprint density at radius 1 is 1.39 bits per heavy atom. The number of nitrogen functional groups attached to an aromatic ring is 1. The summed E-state index contributed by atoms with van der Waals surface area (Å²) < 4.78 is 0. The van der Waals surface area contributed by atoms with Crippen LogP contribution >= 0.6 is 0 Å². The molecule has 0 aromatic heterocycles. The van der Waals surface area contributed by atoms with Gasteiger partial charge < -0.3 is 16.0 Å². The molecule has 1 fully saturated rings. The highest BCUT2D eigenvalue weighted by Gasteiger charge is 2.20. The number of carbonyl (C=O) groups excluding carboxylic acids is 1. The lowest BCUT2D eigenvalue weighted by Gasteiger charge is -2.34. The third-order valence-corrected chi connectivity index (χ3v) is 3.53. The second-order valence-corrected chi connectivity index (χ2v) is 4.93. The van der Waals surface area contributed by atoms with Crippen molar-refractivity contribution in [3.05, 3.63) is 24.3 Å². The molecule has 0 radical (unpaired) electrons. The number of amides is 1. The molecule has 4 heteroatoms. The van der Waals surface area contributed by atoms with Crippen molar-refractivity contribution in [2.24, 2.45) is 5.92 Å². The summed E-state index contributed by atoms with van der Waals surface area (Å²) in [4.78, 5) is 13.2. The fourth-order valence-electron chi connectivity index (χ4n) is 2.44. The molecule has 1 aliphatic rings. The highest BCUT2D eigenvalue weighted by molar-refractivity contribution is 5.72. The van der Waals surface area contributed by atoms with Gasteiger partial charge in [-0.3, -0.25) is 4.79 Å². The topological polar surface area (TPSA) is 58.4 Å². The van der Waals surface area contributed by atoms with Gasteiger partial charge in [-0.15, -0.1) is 0 Å². The Bertz CT molecular complexity index is 411. The van der Waals surface area contributed by atoms with Crippen LogP contribution in [0.2, 0.25) is 0 Å². The van der Waals surface area contributed by atoms with E-state index in [1.54, 1.807) is 6.92 Å². The van der Waals surface area contributed by atoms with Gasteiger partial charge in [0.15, 0.2) is 0 Å². The number of hydrogen-bond acceptors (Lipinski definition) is 3. The number of anilines is 2. The summed E-state index contributed by atoms with van der Waals surface area (Å²) in [6, 6.07) is 8.00. The largest absolute Gasteiger partial charge is 0.397 e. The van der Waals surface area contributed by atoms with Crippen LogP contribution in [0.3, 0.4) is 0 Å². The first-order chi connectivity index (χ1) is 8.66. The van der Waals surface area contributed by atoms with Crippen LogP contribution in [0.25, 0.3) is 0 Å². The summed E-state index contributed by atoms with van der Waals surface area (Å²) in [7, 11) is 0. The summed E-state index contributed by atoms with van der Waals surface area (Å²) in [6.07, 6.45) is 2.21. The number of nitrogens with one attached hydrogen (secondary N) is 1. The molecule has 0 saturated carbocycles. The van der Waals surface area contributed by atoms with Crippen molar-refractivity contribution in [1.29, 1.82) is 0 Å². The molecule has 0 spiro atoms. The molecule has 3 N–H and O–H groups in total. The molecular weight excluding hydrogens is 226 g/mol. The first kappa shape index (κ1) is 12.7. The molecule has 1 heterocycles. The molecule has 1 amide bonds. The standard InChI is InChI=1S/C14H21N3O/c1-11(18)16-10-12-6-8-17(9-7-12)14-5-3-2-4-13(14)15/h2-5,12H,6-10,15H2,1H3,(H,16,18). The molecule has 0 atom stereocenters. The Labute approximate surface area is 108 Å². The van der Waals surface area contributed by atoms with Crippen molar-refractivity contribution in [1.82, 2.24) is 5.32 Å². The van der Waals surface area contributed by atoms with Crippen molar-refractivity contribution in [2.45, 2.75) is 19.8 Å². The predicted octanol–water partition coefficient (Wildman–Crippen LogP) is 1.62. The number of hydrogen-bond donors (Lipinski definition) is 2. The molecule has 4 nitrogen and oxygen atoms in total. The highest BCUT2D eigenvalue weighted by Crippen LogP contribution is 2.27. The lowest BCUT2D eigenvalue weighted by Crippen LogP contribution is -2.38. The van der Waals surface area contributed by atoms with Crippen LogP contribution < -0.4 is 16.0 Å². The minimum absolute atomic E-state index is 0.0599. The van der Waals surface area contributed by atoms with E-state index in [2.05, 4.69) is 16.3 Å².